The molecule has 0 spiro atoms. The molecule has 2 heterocycles. The lowest BCUT2D eigenvalue weighted by Gasteiger charge is -2.44. The van der Waals surface area contributed by atoms with E-state index in [1.54, 1.807) is 0 Å². The first-order valence-corrected chi connectivity index (χ1v) is 12.1. The zero-order valence-corrected chi connectivity index (χ0v) is 20.4. The molecule has 1 fully saturated rings. The van der Waals surface area contributed by atoms with Gasteiger partial charge in [-0.25, -0.2) is 0 Å². The molecule has 0 radical (unpaired) electrons. The monoisotopic (exact) mass is 455 g/mol. The topological polar surface area (TPSA) is 71.4 Å². The molecule has 32 heavy (non-hydrogen) atoms. The van der Waals surface area contributed by atoms with Crippen LogP contribution in [0.5, 0.6) is 0 Å². The maximum atomic E-state index is 6.49. The lowest BCUT2D eigenvalue weighted by Crippen LogP contribution is -2.62. The molecule has 0 saturated carbocycles. The van der Waals surface area contributed by atoms with E-state index in [0.717, 1.165) is 59.5 Å². The highest BCUT2D eigenvalue weighted by atomic mass is 35.5. The van der Waals surface area contributed by atoms with Crippen molar-refractivity contribution in [2.24, 2.45) is 11.5 Å². The molecule has 1 aliphatic carbocycles. The van der Waals surface area contributed by atoms with Crippen molar-refractivity contribution in [1.29, 1.82) is 0 Å². The number of pyridine rings is 1. The van der Waals surface area contributed by atoms with Crippen LogP contribution in [0.3, 0.4) is 0 Å². The van der Waals surface area contributed by atoms with E-state index in [0.29, 0.717) is 0 Å². The molecule has 1 saturated heterocycles. The summed E-state index contributed by atoms with van der Waals surface area (Å²) in [7, 11) is 2.01. The van der Waals surface area contributed by atoms with Crippen molar-refractivity contribution in [3.8, 4) is 0 Å². The Bertz CT molecular complexity index is 957. The Kier molecular flexibility index (Phi) is 8.72. The van der Waals surface area contributed by atoms with E-state index in [1.807, 2.05) is 19.2 Å². The van der Waals surface area contributed by atoms with E-state index in [-0.39, 0.29) is 12.3 Å². The third-order valence-corrected chi connectivity index (χ3v) is 6.94. The summed E-state index contributed by atoms with van der Waals surface area (Å²) in [6.45, 7) is 11.7. The highest BCUT2D eigenvalue weighted by molar-refractivity contribution is 6.36. The van der Waals surface area contributed by atoms with E-state index in [4.69, 9.17) is 28.1 Å². The minimum Gasteiger partial charge on any atom is -0.356 e. The van der Waals surface area contributed by atoms with Crippen LogP contribution >= 0.6 is 11.6 Å². The molecule has 1 aromatic heterocycles. The van der Waals surface area contributed by atoms with Crippen LogP contribution in [0.2, 0.25) is 5.02 Å². The van der Waals surface area contributed by atoms with E-state index < -0.39 is 0 Å². The lowest BCUT2D eigenvalue weighted by molar-refractivity contribution is 0.0718. The van der Waals surface area contributed by atoms with E-state index in [9.17, 15) is 0 Å². The fourth-order valence-corrected chi connectivity index (χ4v) is 4.77. The molecule has 6 heteroatoms. The number of unbranched alkanes of at least 4 members (excludes halogenated alkanes) is 1. The second-order valence-electron chi connectivity index (χ2n) is 8.94. The summed E-state index contributed by atoms with van der Waals surface area (Å²) in [6.07, 6.45) is 9.93. The Morgan fingerprint density at radius 3 is 2.69 bits per heavy atom. The van der Waals surface area contributed by atoms with Crippen molar-refractivity contribution < 1.29 is 0 Å². The predicted octanol–water partition coefficient (Wildman–Crippen LogP) is 4.92. The maximum Gasteiger partial charge on any atom is 0.0898 e. The van der Waals surface area contributed by atoms with Gasteiger partial charge in [-0.2, -0.15) is 0 Å². The highest BCUT2D eigenvalue weighted by Crippen LogP contribution is 2.33. The summed E-state index contributed by atoms with van der Waals surface area (Å²) in [6, 6.07) is 6.15. The number of halogens is 1. The number of nitrogens with two attached hydrogens (primary N) is 2. The van der Waals surface area contributed by atoms with Gasteiger partial charge in [-0.1, -0.05) is 56.3 Å². The van der Waals surface area contributed by atoms with Crippen LogP contribution < -0.4 is 11.5 Å². The molecule has 2 aliphatic rings. The summed E-state index contributed by atoms with van der Waals surface area (Å²) >= 11 is 6.49. The molecule has 0 bridgehead atoms. The Balaban J connectivity index is 0.000000183. The van der Waals surface area contributed by atoms with Crippen LogP contribution in [0.1, 0.15) is 55.8 Å². The minimum absolute atomic E-state index is 0.0409. The van der Waals surface area contributed by atoms with Gasteiger partial charge in [0.1, 0.15) is 0 Å². The van der Waals surface area contributed by atoms with Crippen molar-refractivity contribution in [2.45, 2.75) is 64.2 Å². The van der Waals surface area contributed by atoms with Crippen LogP contribution in [0.4, 0.5) is 0 Å². The molecule has 1 aromatic carbocycles. The van der Waals surface area contributed by atoms with Gasteiger partial charge in [-0.3, -0.25) is 9.88 Å². The summed E-state index contributed by atoms with van der Waals surface area (Å²) < 4.78 is 0. The Hall–Kier alpha value is -1.92. The first-order valence-electron chi connectivity index (χ1n) is 11.7. The number of rotatable bonds is 5. The first kappa shape index (κ1) is 24.7. The molecule has 2 unspecified atom stereocenters. The normalized spacial score (nSPS) is 21.0. The fraction of sp³-hybridized carbons (Fsp3) is 0.500. The van der Waals surface area contributed by atoms with Crippen LogP contribution in [0, 0.1) is 0 Å². The Labute approximate surface area is 198 Å². The Morgan fingerprint density at radius 2 is 1.97 bits per heavy atom. The third-order valence-electron chi connectivity index (χ3n) is 6.50. The van der Waals surface area contributed by atoms with E-state index >= 15 is 0 Å². The van der Waals surface area contributed by atoms with Crippen LogP contribution in [-0.2, 0) is 12.8 Å². The average molecular weight is 456 g/mol. The number of aryl methyl sites for hydroxylation is 1. The average Bonchev–Trinajstić information content (AvgIpc) is 2.80. The third kappa shape index (κ3) is 5.70. The quantitative estimate of drug-likeness (QED) is 0.669. The maximum absolute atomic E-state index is 6.49. The number of allylic oxidation sites excluding steroid dienone is 1. The number of aromatic nitrogens is 1. The molecular formula is C26H38ClN5. The minimum atomic E-state index is 0.0409. The summed E-state index contributed by atoms with van der Waals surface area (Å²) in [5, 5.41) is 1.97. The van der Waals surface area contributed by atoms with Gasteiger partial charge in [0.05, 0.1) is 22.9 Å². The summed E-state index contributed by atoms with van der Waals surface area (Å²) in [4.78, 5) is 9.00. The highest BCUT2D eigenvalue weighted by Gasteiger charge is 2.27. The fourth-order valence-electron chi connectivity index (χ4n) is 4.40. The van der Waals surface area contributed by atoms with Crippen LogP contribution in [0.25, 0.3) is 17.0 Å². The molecular weight excluding hydrogens is 418 g/mol. The van der Waals surface area contributed by atoms with Gasteiger partial charge in [0.15, 0.2) is 0 Å². The van der Waals surface area contributed by atoms with Crippen molar-refractivity contribution >= 4 is 28.6 Å². The van der Waals surface area contributed by atoms with Crippen molar-refractivity contribution in [3.05, 3.63) is 58.9 Å². The Morgan fingerprint density at radius 1 is 1.22 bits per heavy atom. The van der Waals surface area contributed by atoms with E-state index in [1.165, 1.54) is 36.9 Å². The predicted molar refractivity (Wildman–Crippen MR) is 137 cm³/mol. The number of nitrogens with zero attached hydrogens (tertiary/aromatic N) is 3. The van der Waals surface area contributed by atoms with Gasteiger partial charge in [0.25, 0.3) is 0 Å². The van der Waals surface area contributed by atoms with Gasteiger partial charge in [-0.15, -0.1) is 0 Å². The number of piperazine rings is 1. The molecule has 2 atom stereocenters. The standard InChI is InChI=1S/C15H14ClN.C11H24N4/c1-2-10-7-8-12-14(9-10)17-13-6-4-3-5-11(13)15(12)16;1-4-5-6-9(2)15-8-10(12)14(3)7-11(15)13/h2,7-9H,1,3-6H2;10-11H,2,4-8,12-13H2,1,3H3. The number of benzene rings is 1. The van der Waals surface area contributed by atoms with Crippen LogP contribution in [0.15, 0.2) is 37.1 Å². The summed E-state index contributed by atoms with van der Waals surface area (Å²) in [5.41, 5.74) is 17.7. The lowest BCUT2D eigenvalue weighted by atomic mass is 9.94. The number of hydrogen-bond donors (Lipinski definition) is 2. The zero-order chi connectivity index (χ0) is 23.3. The molecule has 4 N–H and O–H groups in total. The van der Waals surface area contributed by atoms with Gasteiger partial charge < -0.3 is 16.4 Å². The molecule has 5 nitrogen and oxygen atoms in total. The van der Waals surface area contributed by atoms with E-state index in [2.05, 4.69) is 42.0 Å². The first-order chi connectivity index (χ1) is 15.3. The van der Waals surface area contributed by atoms with Crippen LogP contribution in [-0.4, -0.2) is 47.3 Å². The van der Waals surface area contributed by atoms with Crippen molar-refractivity contribution in [3.63, 3.8) is 0 Å². The SMILES string of the molecule is C=C(CCCC)N1CC(N)N(C)CC1N.C=Cc1ccc2c(Cl)c3c(nc2c1)CCCC3. The van der Waals surface area contributed by atoms with Gasteiger partial charge in [-0.05, 0) is 62.8 Å². The van der Waals surface area contributed by atoms with Gasteiger partial charge in [0.2, 0.25) is 0 Å². The number of hydrogen-bond acceptors (Lipinski definition) is 5. The molecule has 1 aliphatic heterocycles. The smallest absolute Gasteiger partial charge is 0.0898 e. The second-order valence-corrected chi connectivity index (χ2v) is 9.31. The molecule has 2 aromatic rings. The second kappa shape index (κ2) is 11.3. The number of likely N-dealkylation sites (N-methyl/N-ethyl adjacent to an activating group) is 1. The zero-order valence-electron chi connectivity index (χ0n) is 19.6. The molecule has 0 amide bonds. The number of fused-ring (bicyclic) bond motifs is 2. The van der Waals surface area contributed by atoms with Crippen molar-refractivity contribution in [2.75, 3.05) is 20.1 Å². The van der Waals surface area contributed by atoms with Gasteiger partial charge >= 0.3 is 0 Å². The van der Waals surface area contributed by atoms with Gasteiger partial charge in [0, 0.05) is 29.9 Å². The molecule has 174 valence electrons. The summed E-state index contributed by atoms with van der Waals surface area (Å²) in [5.74, 6) is 0. The largest absolute Gasteiger partial charge is 0.356 e. The molecule has 4 rings (SSSR count). The van der Waals surface area contributed by atoms with Crippen molar-refractivity contribution in [1.82, 2.24) is 14.8 Å².